The third-order valence-electron chi connectivity index (χ3n) is 5.21. The van der Waals surface area contributed by atoms with Crippen LogP contribution in [0.1, 0.15) is 22.4 Å². The van der Waals surface area contributed by atoms with E-state index < -0.39 is 0 Å². The van der Waals surface area contributed by atoms with Crippen molar-refractivity contribution in [1.82, 2.24) is 9.55 Å². The SMILES string of the molecule is CSCn1c(C)c(C)c2ccnc(N3CCc4ccccc4C3)c21. The van der Waals surface area contributed by atoms with Gasteiger partial charge >= 0.3 is 0 Å². The van der Waals surface area contributed by atoms with Crippen molar-refractivity contribution in [3.63, 3.8) is 0 Å². The maximum Gasteiger partial charge on any atom is 0.153 e. The van der Waals surface area contributed by atoms with E-state index in [-0.39, 0.29) is 0 Å². The molecule has 0 spiro atoms. The van der Waals surface area contributed by atoms with E-state index in [0.29, 0.717) is 0 Å². The van der Waals surface area contributed by atoms with Gasteiger partial charge in [-0.1, -0.05) is 24.3 Å². The van der Waals surface area contributed by atoms with Crippen molar-refractivity contribution in [3.8, 4) is 0 Å². The summed E-state index contributed by atoms with van der Waals surface area (Å²) in [5.41, 5.74) is 6.93. The maximum absolute atomic E-state index is 4.80. The molecule has 0 radical (unpaired) electrons. The Morgan fingerprint density at radius 3 is 2.71 bits per heavy atom. The molecule has 0 aliphatic carbocycles. The van der Waals surface area contributed by atoms with Crippen LogP contribution in [0.2, 0.25) is 0 Å². The molecule has 3 aromatic rings. The van der Waals surface area contributed by atoms with E-state index in [2.05, 4.69) is 59.9 Å². The van der Waals surface area contributed by atoms with Gasteiger partial charge in [-0.25, -0.2) is 4.98 Å². The fourth-order valence-electron chi connectivity index (χ4n) is 3.78. The second kappa shape index (κ2) is 6.17. The van der Waals surface area contributed by atoms with Gasteiger partial charge in [-0.2, -0.15) is 0 Å². The van der Waals surface area contributed by atoms with Gasteiger partial charge in [-0.3, -0.25) is 0 Å². The minimum atomic E-state index is 0.949. The predicted octanol–water partition coefficient (Wildman–Crippen LogP) is 4.54. The molecule has 0 saturated heterocycles. The zero-order valence-corrected chi connectivity index (χ0v) is 15.4. The Bertz CT molecular complexity index is 897. The minimum absolute atomic E-state index is 0.949. The normalized spacial score (nSPS) is 14.2. The molecule has 1 aromatic carbocycles. The summed E-state index contributed by atoms with van der Waals surface area (Å²) < 4.78 is 2.43. The topological polar surface area (TPSA) is 21.1 Å². The summed E-state index contributed by atoms with van der Waals surface area (Å²) in [6, 6.07) is 10.9. The summed E-state index contributed by atoms with van der Waals surface area (Å²) in [4.78, 5) is 7.24. The van der Waals surface area contributed by atoms with Crippen LogP contribution in [0.25, 0.3) is 10.9 Å². The van der Waals surface area contributed by atoms with Gasteiger partial charge in [0.2, 0.25) is 0 Å². The van der Waals surface area contributed by atoms with Crippen molar-refractivity contribution >= 4 is 28.5 Å². The molecule has 0 amide bonds. The molecule has 0 unspecified atom stereocenters. The highest BCUT2D eigenvalue weighted by Crippen LogP contribution is 2.34. The number of hydrogen-bond donors (Lipinski definition) is 0. The first-order valence-electron chi connectivity index (χ1n) is 8.45. The number of pyridine rings is 1. The molecular weight excluding hydrogens is 314 g/mol. The van der Waals surface area contributed by atoms with Crippen LogP contribution in [0.3, 0.4) is 0 Å². The molecule has 3 nitrogen and oxygen atoms in total. The van der Waals surface area contributed by atoms with Crippen LogP contribution < -0.4 is 4.90 Å². The molecule has 3 heterocycles. The molecule has 0 atom stereocenters. The Morgan fingerprint density at radius 1 is 1.12 bits per heavy atom. The van der Waals surface area contributed by atoms with Crippen molar-refractivity contribution in [3.05, 3.63) is 58.9 Å². The monoisotopic (exact) mass is 337 g/mol. The summed E-state index contributed by atoms with van der Waals surface area (Å²) in [6.45, 7) is 6.43. The molecule has 4 rings (SSSR count). The molecule has 1 aliphatic rings. The van der Waals surface area contributed by atoms with Gasteiger partial charge in [0.05, 0.1) is 11.4 Å². The van der Waals surface area contributed by atoms with E-state index in [1.807, 2.05) is 18.0 Å². The number of thioether (sulfide) groups is 1. The minimum Gasteiger partial charge on any atom is -0.350 e. The highest BCUT2D eigenvalue weighted by molar-refractivity contribution is 7.97. The Balaban J connectivity index is 1.84. The first-order valence-corrected chi connectivity index (χ1v) is 9.85. The Hall–Kier alpha value is -1.94. The average Bonchev–Trinajstić information content (AvgIpc) is 2.87. The van der Waals surface area contributed by atoms with Crippen LogP contribution in [-0.2, 0) is 18.8 Å². The summed E-state index contributed by atoms with van der Waals surface area (Å²) in [5.74, 6) is 2.10. The second-order valence-corrected chi connectivity index (χ2v) is 7.36. The largest absolute Gasteiger partial charge is 0.350 e. The van der Waals surface area contributed by atoms with Gasteiger partial charge in [0.1, 0.15) is 0 Å². The number of aryl methyl sites for hydroxylation is 1. The van der Waals surface area contributed by atoms with Gasteiger partial charge in [0, 0.05) is 30.4 Å². The smallest absolute Gasteiger partial charge is 0.153 e. The predicted molar refractivity (Wildman–Crippen MR) is 104 cm³/mol. The molecular formula is C20H23N3S. The van der Waals surface area contributed by atoms with E-state index in [0.717, 1.165) is 31.2 Å². The molecule has 0 fully saturated rings. The summed E-state index contributed by atoms with van der Waals surface area (Å²) in [7, 11) is 0. The quantitative estimate of drug-likeness (QED) is 0.700. The van der Waals surface area contributed by atoms with Crippen molar-refractivity contribution < 1.29 is 0 Å². The van der Waals surface area contributed by atoms with E-state index in [4.69, 9.17) is 4.98 Å². The van der Waals surface area contributed by atoms with Crippen molar-refractivity contribution in [1.29, 1.82) is 0 Å². The lowest BCUT2D eigenvalue weighted by Gasteiger charge is -2.30. The fraction of sp³-hybridized carbons (Fsp3) is 0.350. The van der Waals surface area contributed by atoms with Crippen LogP contribution in [0, 0.1) is 13.8 Å². The first-order chi connectivity index (χ1) is 11.7. The van der Waals surface area contributed by atoms with Gasteiger partial charge in [-0.15, -0.1) is 11.8 Å². The van der Waals surface area contributed by atoms with Gasteiger partial charge in [-0.05, 0) is 49.3 Å². The molecule has 24 heavy (non-hydrogen) atoms. The third-order valence-corrected chi connectivity index (χ3v) is 5.73. The Kier molecular flexibility index (Phi) is 4.01. The van der Waals surface area contributed by atoms with Crippen molar-refractivity contribution in [2.45, 2.75) is 32.7 Å². The van der Waals surface area contributed by atoms with E-state index >= 15 is 0 Å². The highest BCUT2D eigenvalue weighted by Gasteiger charge is 2.22. The number of benzene rings is 1. The Morgan fingerprint density at radius 2 is 1.92 bits per heavy atom. The van der Waals surface area contributed by atoms with Crippen LogP contribution in [-0.4, -0.2) is 22.4 Å². The zero-order chi connectivity index (χ0) is 16.7. The van der Waals surface area contributed by atoms with Crippen LogP contribution >= 0.6 is 11.8 Å². The number of aromatic nitrogens is 2. The summed E-state index contributed by atoms with van der Waals surface area (Å²) >= 11 is 1.86. The lowest BCUT2D eigenvalue weighted by atomic mass is 10.00. The molecule has 1 aliphatic heterocycles. The number of rotatable bonds is 3. The number of nitrogens with zero attached hydrogens (tertiary/aromatic N) is 3. The van der Waals surface area contributed by atoms with E-state index in [1.165, 1.54) is 33.3 Å². The summed E-state index contributed by atoms with van der Waals surface area (Å²) in [6.07, 6.45) is 5.22. The van der Waals surface area contributed by atoms with E-state index in [9.17, 15) is 0 Å². The molecule has 0 N–H and O–H groups in total. The molecule has 4 heteroatoms. The number of fused-ring (bicyclic) bond motifs is 2. The molecule has 2 aromatic heterocycles. The lowest BCUT2D eigenvalue weighted by Crippen LogP contribution is -2.31. The van der Waals surface area contributed by atoms with Crippen LogP contribution in [0.15, 0.2) is 36.5 Å². The van der Waals surface area contributed by atoms with E-state index in [1.54, 1.807) is 0 Å². The van der Waals surface area contributed by atoms with Crippen LogP contribution in [0.4, 0.5) is 5.82 Å². The number of hydrogen-bond acceptors (Lipinski definition) is 3. The highest BCUT2D eigenvalue weighted by atomic mass is 32.2. The third kappa shape index (κ3) is 2.40. The van der Waals surface area contributed by atoms with Crippen molar-refractivity contribution in [2.24, 2.45) is 0 Å². The first kappa shape index (κ1) is 15.6. The van der Waals surface area contributed by atoms with Crippen LogP contribution in [0.5, 0.6) is 0 Å². The maximum atomic E-state index is 4.80. The van der Waals surface area contributed by atoms with Gasteiger partial charge in [0.25, 0.3) is 0 Å². The Labute approximate surface area is 147 Å². The average molecular weight is 337 g/mol. The second-order valence-electron chi connectivity index (χ2n) is 6.53. The zero-order valence-electron chi connectivity index (χ0n) is 14.5. The van der Waals surface area contributed by atoms with Crippen molar-refractivity contribution in [2.75, 3.05) is 17.7 Å². The van der Waals surface area contributed by atoms with Gasteiger partial charge in [0.15, 0.2) is 5.82 Å². The lowest BCUT2D eigenvalue weighted by molar-refractivity contribution is 0.720. The van der Waals surface area contributed by atoms with Gasteiger partial charge < -0.3 is 9.47 Å². The molecule has 124 valence electrons. The summed E-state index contributed by atoms with van der Waals surface area (Å²) in [5, 5.41) is 1.34. The molecule has 0 bridgehead atoms. The molecule has 0 saturated carbocycles. The number of anilines is 1. The standard InChI is InChI=1S/C20H23N3S/c1-14-15(2)23(13-24-3)19-18(14)8-10-21-20(19)22-11-9-16-6-4-5-7-17(16)12-22/h4-8,10H,9,11-13H2,1-3H3. The fourth-order valence-corrected chi connectivity index (χ4v) is 4.36.